The van der Waals surface area contributed by atoms with Gasteiger partial charge in [-0.1, -0.05) is 19.8 Å². The van der Waals surface area contributed by atoms with Crippen molar-refractivity contribution >= 4 is 5.97 Å². The Bertz CT molecular complexity index is 293. The van der Waals surface area contributed by atoms with Gasteiger partial charge in [-0.05, 0) is 44.6 Å². The van der Waals surface area contributed by atoms with Gasteiger partial charge in [-0.3, -0.25) is 4.79 Å². The molecule has 1 saturated heterocycles. The fourth-order valence-electron chi connectivity index (χ4n) is 3.51. The maximum Gasteiger partial charge on any atom is 0.306 e. The number of ether oxygens (including phenoxy) is 1. The highest BCUT2D eigenvalue weighted by Crippen LogP contribution is 2.31. The third-order valence-electron chi connectivity index (χ3n) is 4.62. The molecule has 0 aromatic heterocycles. The van der Waals surface area contributed by atoms with Gasteiger partial charge in [0.25, 0.3) is 0 Å². The van der Waals surface area contributed by atoms with Crippen LogP contribution in [0.2, 0.25) is 0 Å². The average molecular weight is 269 g/mol. The number of carboxylic acid groups (broad SMARTS) is 1. The standard InChI is InChI=1S/C15H27NO3/c1-2-4-13-9-12(7-8-19-13)16-10-11-5-3-6-14(11)15(17)18/h11-14,16H,2-10H2,1H3,(H,17,18). The monoisotopic (exact) mass is 269 g/mol. The zero-order chi connectivity index (χ0) is 13.7. The van der Waals surface area contributed by atoms with Crippen molar-refractivity contribution in [1.82, 2.24) is 5.32 Å². The number of carboxylic acids is 1. The summed E-state index contributed by atoms with van der Waals surface area (Å²) in [6, 6.07) is 0.514. The van der Waals surface area contributed by atoms with E-state index in [0.29, 0.717) is 18.1 Å². The quantitative estimate of drug-likeness (QED) is 0.777. The average Bonchev–Trinajstić information content (AvgIpc) is 2.86. The van der Waals surface area contributed by atoms with Crippen molar-refractivity contribution in [3.63, 3.8) is 0 Å². The Morgan fingerprint density at radius 3 is 2.95 bits per heavy atom. The molecule has 1 aliphatic heterocycles. The topological polar surface area (TPSA) is 58.6 Å². The van der Waals surface area contributed by atoms with Crippen LogP contribution >= 0.6 is 0 Å². The van der Waals surface area contributed by atoms with Gasteiger partial charge in [0.2, 0.25) is 0 Å². The Hall–Kier alpha value is -0.610. The minimum atomic E-state index is -0.611. The summed E-state index contributed by atoms with van der Waals surface area (Å²) in [5.41, 5.74) is 0. The van der Waals surface area contributed by atoms with Gasteiger partial charge in [0.1, 0.15) is 0 Å². The van der Waals surface area contributed by atoms with E-state index in [2.05, 4.69) is 12.2 Å². The molecule has 1 aliphatic carbocycles. The van der Waals surface area contributed by atoms with Gasteiger partial charge in [-0.25, -0.2) is 0 Å². The number of rotatable bonds is 6. The lowest BCUT2D eigenvalue weighted by Crippen LogP contribution is -2.42. The van der Waals surface area contributed by atoms with Crippen molar-refractivity contribution in [2.45, 2.75) is 64.0 Å². The molecule has 4 heteroatoms. The Morgan fingerprint density at radius 2 is 2.21 bits per heavy atom. The highest BCUT2D eigenvalue weighted by atomic mass is 16.5. The minimum Gasteiger partial charge on any atom is -0.481 e. The normalized spacial score (nSPS) is 35.4. The van der Waals surface area contributed by atoms with Crippen LogP contribution in [0.25, 0.3) is 0 Å². The predicted octanol–water partition coefficient (Wildman–Crippen LogP) is 2.42. The van der Waals surface area contributed by atoms with Crippen LogP contribution in [0.15, 0.2) is 0 Å². The smallest absolute Gasteiger partial charge is 0.306 e. The first-order valence-electron chi connectivity index (χ1n) is 7.78. The second kappa shape index (κ2) is 7.25. The molecular formula is C15H27NO3. The molecule has 19 heavy (non-hydrogen) atoms. The lowest BCUT2D eigenvalue weighted by molar-refractivity contribution is -0.142. The van der Waals surface area contributed by atoms with E-state index < -0.39 is 5.97 Å². The zero-order valence-electron chi connectivity index (χ0n) is 11.9. The first-order valence-corrected chi connectivity index (χ1v) is 7.78. The number of nitrogens with one attached hydrogen (secondary N) is 1. The predicted molar refractivity (Wildman–Crippen MR) is 74.1 cm³/mol. The van der Waals surface area contributed by atoms with E-state index in [1.807, 2.05) is 0 Å². The summed E-state index contributed by atoms with van der Waals surface area (Å²) in [6.45, 7) is 3.90. The van der Waals surface area contributed by atoms with Crippen molar-refractivity contribution in [2.24, 2.45) is 11.8 Å². The maximum absolute atomic E-state index is 11.2. The van der Waals surface area contributed by atoms with Crippen molar-refractivity contribution in [2.75, 3.05) is 13.2 Å². The fourth-order valence-corrected chi connectivity index (χ4v) is 3.51. The van der Waals surface area contributed by atoms with Gasteiger partial charge < -0.3 is 15.2 Å². The van der Waals surface area contributed by atoms with Crippen LogP contribution in [-0.4, -0.2) is 36.4 Å². The Labute approximate surface area is 115 Å². The lowest BCUT2D eigenvalue weighted by atomic mass is 9.94. The Balaban J connectivity index is 1.74. The number of hydrogen-bond donors (Lipinski definition) is 2. The lowest BCUT2D eigenvalue weighted by Gasteiger charge is -2.31. The van der Waals surface area contributed by atoms with Crippen molar-refractivity contribution in [3.05, 3.63) is 0 Å². The van der Waals surface area contributed by atoms with Crippen molar-refractivity contribution in [3.8, 4) is 0 Å². The molecule has 0 aromatic carbocycles. The van der Waals surface area contributed by atoms with Crippen LogP contribution in [-0.2, 0) is 9.53 Å². The third kappa shape index (κ3) is 4.18. The van der Waals surface area contributed by atoms with Gasteiger partial charge in [0, 0.05) is 12.6 Å². The summed E-state index contributed by atoms with van der Waals surface area (Å²) in [5.74, 6) is -0.413. The molecule has 0 spiro atoms. The van der Waals surface area contributed by atoms with Gasteiger partial charge in [-0.2, -0.15) is 0 Å². The van der Waals surface area contributed by atoms with E-state index in [4.69, 9.17) is 4.74 Å². The second-order valence-electron chi connectivity index (χ2n) is 6.05. The first kappa shape index (κ1) is 14.8. The van der Waals surface area contributed by atoms with Crippen LogP contribution in [0.4, 0.5) is 0 Å². The molecular weight excluding hydrogens is 242 g/mol. The van der Waals surface area contributed by atoms with Crippen LogP contribution < -0.4 is 5.32 Å². The number of aliphatic carboxylic acids is 1. The summed E-state index contributed by atoms with van der Waals surface area (Å²) in [7, 11) is 0. The fraction of sp³-hybridized carbons (Fsp3) is 0.933. The summed E-state index contributed by atoms with van der Waals surface area (Å²) in [6.07, 6.45) is 7.83. The molecule has 0 bridgehead atoms. The SMILES string of the molecule is CCCC1CC(NCC2CCCC2C(=O)O)CCO1. The van der Waals surface area contributed by atoms with Crippen molar-refractivity contribution < 1.29 is 14.6 Å². The van der Waals surface area contributed by atoms with E-state index in [1.165, 1.54) is 6.42 Å². The molecule has 1 heterocycles. The molecule has 0 aromatic rings. The van der Waals surface area contributed by atoms with Gasteiger partial charge in [0.05, 0.1) is 12.0 Å². The summed E-state index contributed by atoms with van der Waals surface area (Å²) >= 11 is 0. The van der Waals surface area contributed by atoms with E-state index in [0.717, 1.165) is 51.7 Å². The largest absolute Gasteiger partial charge is 0.481 e. The molecule has 1 saturated carbocycles. The molecule has 110 valence electrons. The van der Waals surface area contributed by atoms with E-state index in [1.54, 1.807) is 0 Å². The molecule has 2 rings (SSSR count). The highest BCUT2D eigenvalue weighted by Gasteiger charge is 2.33. The molecule has 4 nitrogen and oxygen atoms in total. The number of hydrogen-bond acceptors (Lipinski definition) is 3. The molecule has 2 N–H and O–H groups in total. The van der Waals surface area contributed by atoms with Crippen LogP contribution in [0.1, 0.15) is 51.9 Å². The Morgan fingerprint density at radius 1 is 1.37 bits per heavy atom. The van der Waals surface area contributed by atoms with Crippen LogP contribution in [0.3, 0.4) is 0 Å². The van der Waals surface area contributed by atoms with Gasteiger partial charge in [-0.15, -0.1) is 0 Å². The molecule has 0 amide bonds. The summed E-state index contributed by atoms with van der Waals surface area (Å²) in [5, 5.41) is 12.8. The maximum atomic E-state index is 11.2. The highest BCUT2D eigenvalue weighted by molar-refractivity contribution is 5.70. The first-order chi connectivity index (χ1) is 9.20. The molecule has 4 atom stereocenters. The van der Waals surface area contributed by atoms with Crippen LogP contribution in [0.5, 0.6) is 0 Å². The number of carbonyl (C=O) groups is 1. The van der Waals surface area contributed by atoms with E-state index in [9.17, 15) is 9.90 Å². The molecule has 0 radical (unpaired) electrons. The third-order valence-corrected chi connectivity index (χ3v) is 4.62. The van der Waals surface area contributed by atoms with Gasteiger partial charge >= 0.3 is 5.97 Å². The molecule has 2 fully saturated rings. The van der Waals surface area contributed by atoms with Crippen molar-refractivity contribution in [1.29, 1.82) is 0 Å². The van der Waals surface area contributed by atoms with Crippen LogP contribution in [0, 0.1) is 11.8 Å². The van der Waals surface area contributed by atoms with E-state index in [-0.39, 0.29) is 5.92 Å². The Kier molecular flexibility index (Phi) is 5.64. The van der Waals surface area contributed by atoms with Gasteiger partial charge in [0.15, 0.2) is 0 Å². The molecule has 2 aliphatic rings. The molecule has 4 unspecified atom stereocenters. The second-order valence-corrected chi connectivity index (χ2v) is 6.05. The van der Waals surface area contributed by atoms with E-state index >= 15 is 0 Å². The summed E-state index contributed by atoms with van der Waals surface area (Å²) in [4.78, 5) is 11.2. The zero-order valence-corrected chi connectivity index (χ0v) is 11.9. The minimum absolute atomic E-state index is 0.126. The summed E-state index contributed by atoms with van der Waals surface area (Å²) < 4.78 is 5.75.